The Bertz CT molecular complexity index is 406. The van der Waals surface area contributed by atoms with E-state index >= 15 is 0 Å². The summed E-state index contributed by atoms with van der Waals surface area (Å²) in [7, 11) is 0. The molecule has 0 aromatic heterocycles. The fourth-order valence-corrected chi connectivity index (χ4v) is 3.01. The molecule has 2 fully saturated rings. The maximum absolute atomic E-state index is 12.4. The van der Waals surface area contributed by atoms with E-state index in [1.54, 1.807) is 4.90 Å². The highest BCUT2D eigenvalue weighted by atomic mass is 16.2. The Balaban J connectivity index is 1.79. The zero-order valence-corrected chi connectivity index (χ0v) is 13.3. The zero-order valence-electron chi connectivity index (χ0n) is 13.3. The second kappa shape index (κ2) is 7.62. The Labute approximate surface area is 128 Å². The van der Waals surface area contributed by atoms with Gasteiger partial charge in [-0.2, -0.15) is 0 Å². The van der Waals surface area contributed by atoms with Gasteiger partial charge < -0.3 is 10.2 Å². The van der Waals surface area contributed by atoms with E-state index in [1.807, 2.05) is 6.92 Å². The van der Waals surface area contributed by atoms with Gasteiger partial charge in [0, 0.05) is 19.0 Å². The number of hydrogen-bond acceptors (Lipinski definition) is 2. The molecule has 118 valence electrons. The molecule has 0 radical (unpaired) electrons. The van der Waals surface area contributed by atoms with Crippen LogP contribution in [0.3, 0.4) is 0 Å². The fraction of sp³-hybridized carbons (Fsp3) is 0.765. The van der Waals surface area contributed by atoms with Crippen LogP contribution in [0.1, 0.15) is 58.8 Å². The summed E-state index contributed by atoms with van der Waals surface area (Å²) in [5.41, 5.74) is 0. The van der Waals surface area contributed by atoms with Gasteiger partial charge in [-0.15, -0.1) is 0 Å². The van der Waals surface area contributed by atoms with Crippen LogP contribution in [0.25, 0.3) is 0 Å². The first-order valence-corrected chi connectivity index (χ1v) is 8.43. The maximum Gasteiger partial charge on any atom is 0.243 e. The molecule has 21 heavy (non-hydrogen) atoms. The molecule has 0 aromatic rings. The molecule has 0 spiro atoms. The van der Waals surface area contributed by atoms with Gasteiger partial charge in [0.25, 0.3) is 0 Å². The van der Waals surface area contributed by atoms with E-state index in [0.717, 1.165) is 45.1 Å². The van der Waals surface area contributed by atoms with Crippen LogP contribution < -0.4 is 5.32 Å². The minimum Gasteiger partial charge on any atom is -0.351 e. The second-order valence-corrected chi connectivity index (χ2v) is 6.23. The summed E-state index contributed by atoms with van der Waals surface area (Å²) in [5.74, 6) is 0.681. The highest BCUT2D eigenvalue weighted by Crippen LogP contribution is 2.32. The van der Waals surface area contributed by atoms with E-state index in [2.05, 4.69) is 24.4 Å². The minimum absolute atomic E-state index is 0.0494. The summed E-state index contributed by atoms with van der Waals surface area (Å²) in [6.07, 6.45) is 10.9. The Kier molecular flexibility index (Phi) is 5.83. The van der Waals surface area contributed by atoms with Crippen molar-refractivity contribution in [3.8, 4) is 0 Å². The highest BCUT2D eigenvalue weighted by Gasteiger charge is 2.40. The molecule has 2 aliphatic rings. The van der Waals surface area contributed by atoms with Gasteiger partial charge in [-0.25, -0.2) is 0 Å². The van der Waals surface area contributed by atoms with E-state index in [0.29, 0.717) is 12.3 Å². The number of unbranched alkanes of at least 4 members (excludes halogenated alkanes) is 1. The molecule has 1 saturated carbocycles. The van der Waals surface area contributed by atoms with Gasteiger partial charge in [-0.1, -0.05) is 32.4 Å². The Hall–Kier alpha value is -1.32. The summed E-state index contributed by atoms with van der Waals surface area (Å²) in [5, 5.41) is 3.12. The summed E-state index contributed by atoms with van der Waals surface area (Å²) in [4.78, 5) is 26.2. The number of carbonyl (C=O) groups excluding carboxylic acids is 2. The summed E-state index contributed by atoms with van der Waals surface area (Å²) in [6.45, 7) is 4.90. The molecule has 1 aliphatic carbocycles. The quantitative estimate of drug-likeness (QED) is 0.733. The maximum atomic E-state index is 12.4. The van der Waals surface area contributed by atoms with Crippen LogP contribution >= 0.6 is 0 Å². The average Bonchev–Trinajstić information content (AvgIpc) is 3.01. The lowest BCUT2D eigenvalue weighted by Crippen LogP contribution is -2.46. The van der Waals surface area contributed by atoms with E-state index < -0.39 is 0 Å². The van der Waals surface area contributed by atoms with Crippen LogP contribution in [-0.4, -0.2) is 35.3 Å². The van der Waals surface area contributed by atoms with Gasteiger partial charge in [0.05, 0.1) is 0 Å². The van der Waals surface area contributed by atoms with Gasteiger partial charge in [0.15, 0.2) is 0 Å². The number of rotatable bonds is 7. The molecule has 4 heteroatoms. The summed E-state index contributed by atoms with van der Waals surface area (Å²) in [6, 6.07) is 0.0549. The van der Waals surface area contributed by atoms with Crippen molar-refractivity contribution < 1.29 is 9.59 Å². The number of allylic oxidation sites excluding steroid dienone is 1. The third kappa shape index (κ3) is 4.32. The molecular formula is C17H28N2O2. The van der Waals surface area contributed by atoms with Crippen molar-refractivity contribution in [2.45, 2.75) is 70.9 Å². The van der Waals surface area contributed by atoms with Crippen LogP contribution in [0.15, 0.2) is 12.2 Å². The smallest absolute Gasteiger partial charge is 0.243 e. The number of likely N-dealkylation sites (tertiary alicyclic amines) is 1. The molecule has 1 saturated heterocycles. The zero-order chi connectivity index (χ0) is 15.2. The lowest BCUT2D eigenvalue weighted by Gasteiger charge is -2.24. The van der Waals surface area contributed by atoms with E-state index in [9.17, 15) is 9.59 Å². The first kappa shape index (κ1) is 16.1. The predicted octanol–water partition coefficient (Wildman–Crippen LogP) is 2.64. The Morgan fingerprint density at radius 2 is 2.10 bits per heavy atom. The molecule has 1 heterocycles. The first-order valence-electron chi connectivity index (χ1n) is 8.43. The first-order chi connectivity index (χ1) is 10.2. The third-order valence-electron chi connectivity index (χ3n) is 4.35. The molecule has 2 amide bonds. The van der Waals surface area contributed by atoms with Crippen molar-refractivity contribution >= 4 is 11.8 Å². The molecule has 0 aromatic carbocycles. The second-order valence-electron chi connectivity index (χ2n) is 6.23. The average molecular weight is 292 g/mol. The van der Waals surface area contributed by atoms with Crippen molar-refractivity contribution in [3.63, 3.8) is 0 Å². The number of hydrogen-bond donors (Lipinski definition) is 1. The van der Waals surface area contributed by atoms with Crippen LogP contribution in [-0.2, 0) is 9.59 Å². The number of carbonyl (C=O) groups is 2. The minimum atomic E-state index is -0.232. The number of nitrogens with one attached hydrogen (secondary N) is 1. The topological polar surface area (TPSA) is 49.4 Å². The van der Waals surface area contributed by atoms with Crippen LogP contribution in [0.2, 0.25) is 0 Å². The highest BCUT2D eigenvalue weighted by molar-refractivity contribution is 5.88. The lowest BCUT2D eigenvalue weighted by molar-refractivity contribution is -0.138. The van der Waals surface area contributed by atoms with Gasteiger partial charge in [-0.3, -0.25) is 9.59 Å². The molecule has 0 unspecified atom stereocenters. The standard InChI is InChI=1S/C17H28N2O2/c1-3-5-6-9-13-12-14(13)18-17(21)15-10-7-11-19(15)16(20)8-4-2/h6,9,13-15H,3-5,7-8,10-12H2,1-2H3,(H,18,21)/b9-6-/t13-,14-,15+/m1/s1. The Morgan fingerprint density at radius 3 is 2.81 bits per heavy atom. The number of amides is 2. The molecule has 2 rings (SSSR count). The van der Waals surface area contributed by atoms with Gasteiger partial charge in [0.1, 0.15) is 6.04 Å². The molecule has 0 bridgehead atoms. The molecule has 4 nitrogen and oxygen atoms in total. The van der Waals surface area contributed by atoms with Crippen LogP contribution in [0.5, 0.6) is 0 Å². The SMILES string of the molecule is CCC/C=C\[C@@H]1C[C@H]1NC(=O)[C@@H]1CCCN1C(=O)CCC. The van der Waals surface area contributed by atoms with Gasteiger partial charge in [-0.05, 0) is 38.0 Å². The molecule has 1 aliphatic heterocycles. The monoisotopic (exact) mass is 292 g/mol. The normalized spacial score (nSPS) is 28.1. The largest absolute Gasteiger partial charge is 0.351 e. The van der Waals surface area contributed by atoms with E-state index in [-0.39, 0.29) is 23.9 Å². The van der Waals surface area contributed by atoms with Crippen molar-refractivity contribution in [2.75, 3.05) is 6.54 Å². The summed E-state index contributed by atoms with van der Waals surface area (Å²) < 4.78 is 0. The van der Waals surface area contributed by atoms with E-state index in [1.165, 1.54) is 0 Å². The van der Waals surface area contributed by atoms with Crippen LogP contribution in [0.4, 0.5) is 0 Å². The van der Waals surface area contributed by atoms with Crippen LogP contribution in [0, 0.1) is 5.92 Å². The van der Waals surface area contributed by atoms with Gasteiger partial charge in [0.2, 0.25) is 11.8 Å². The fourth-order valence-electron chi connectivity index (χ4n) is 3.01. The van der Waals surface area contributed by atoms with Gasteiger partial charge >= 0.3 is 0 Å². The molecule has 3 atom stereocenters. The summed E-state index contributed by atoms with van der Waals surface area (Å²) >= 11 is 0. The van der Waals surface area contributed by atoms with Crippen molar-refractivity contribution in [2.24, 2.45) is 5.92 Å². The Morgan fingerprint density at radius 1 is 1.29 bits per heavy atom. The van der Waals surface area contributed by atoms with Crippen molar-refractivity contribution in [3.05, 3.63) is 12.2 Å². The number of nitrogens with zero attached hydrogens (tertiary/aromatic N) is 1. The third-order valence-corrected chi connectivity index (χ3v) is 4.35. The van der Waals surface area contributed by atoms with Crippen molar-refractivity contribution in [1.82, 2.24) is 10.2 Å². The molecular weight excluding hydrogens is 264 g/mol. The van der Waals surface area contributed by atoms with E-state index in [4.69, 9.17) is 0 Å². The molecule has 1 N–H and O–H groups in total. The lowest BCUT2D eigenvalue weighted by atomic mass is 10.2. The van der Waals surface area contributed by atoms with Crippen molar-refractivity contribution in [1.29, 1.82) is 0 Å². The predicted molar refractivity (Wildman–Crippen MR) is 83.7 cm³/mol.